The molecule has 0 atom stereocenters. The molecule has 1 aromatic heterocycles. The van der Waals surface area contributed by atoms with Crippen LogP contribution >= 0.6 is 0 Å². The van der Waals surface area contributed by atoms with Crippen molar-refractivity contribution in [3.05, 3.63) is 53.7 Å². The van der Waals surface area contributed by atoms with Crippen molar-refractivity contribution in [2.75, 3.05) is 37.7 Å². The minimum atomic E-state index is -3.94. The summed E-state index contributed by atoms with van der Waals surface area (Å²) in [7, 11) is -3.94. The molecule has 0 aliphatic carbocycles. The standard InChI is InChI=1S/C19H22N4O5S/c1-14-5-6-15(29(20,26)27)12-16(14)19(25)28-13-18(24)23-10-8-22(9-11-23)17-4-2-3-7-21-17/h2-7,12H,8-11,13H2,1H3,(H2,20,26,27). The summed E-state index contributed by atoms with van der Waals surface area (Å²) < 4.78 is 28.1. The molecule has 2 aromatic rings. The van der Waals surface area contributed by atoms with Gasteiger partial charge in [-0.2, -0.15) is 0 Å². The Morgan fingerprint density at radius 1 is 1.14 bits per heavy atom. The van der Waals surface area contributed by atoms with Crippen LogP contribution in [0.25, 0.3) is 0 Å². The van der Waals surface area contributed by atoms with E-state index in [0.29, 0.717) is 31.7 Å². The van der Waals surface area contributed by atoms with Crippen molar-refractivity contribution in [3.8, 4) is 0 Å². The lowest BCUT2D eigenvalue weighted by molar-refractivity contribution is -0.134. The number of primary sulfonamides is 1. The second kappa shape index (κ2) is 8.58. The van der Waals surface area contributed by atoms with Gasteiger partial charge in [-0.3, -0.25) is 4.79 Å². The summed E-state index contributed by atoms with van der Waals surface area (Å²) in [6.07, 6.45) is 1.72. The van der Waals surface area contributed by atoms with E-state index in [-0.39, 0.29) is 16.4 Å². The van der Waals surface area contributed by atoms with Crippen molar-refractivity contribution in [3.63, 3.8) is 0 Å². The number of ether oxygens (including phenoxy) is 1. The maximum Gasteiger partial charge on any atom is 0.338 e. The number of sulfonamides is 1. The highest BCUT2D eigenvalue weighted by molar-refractivity contribution is 7.89. The number of benzene rings is 1. The lowest BCUT2D eigenvalue weighted by atomic mass is 10.1. The van der Waals surface area contributed by atoms with Crippen LogP contribution in [0.2, 0.25) is 0 Å². The van der Waals surface area contributed by atoms with Crippen LogP contribution in [0.4, 0.5) is 5.82 Å². The molecule has 10 heteroatoms. The number of amides is 1. The van der Waals surface area contributed by atoms with Crippen LogP contribution in [-0.2, 0) is 19.6 Å². The average Bonchev–Trinajstić information content (AvgIpc) is 2.72. The van der Waals surface area contributed by atoms with Crippen LogP contribution in [-0.4, -0.2) is 63.0 Å². The van der Waals surface area contributed by atoms with Gasteiger partial charge in [-0.15, -0.1) is 0 Å². The number of rotatable bonds is 5. The highest BCUT2D eigenvalue weighted by Crippen LogP contribution is 2.16. The Balaban J connectivity index is 1.55. The molecule has 29 heavy (non-hydrogen) atoms. The van der Waals surface area contributed by atoms with Crippen LogP contribution in [0.3, 0.4) is 0 Å². The van der Waals surface area contributed by atoms with E-state index in [1.54, 1.807) is 18.0 Å². The molecule has 1 fully saturated rings. The molecule has 0 radical (unpaired) electrons. The lowest BCUT2D eigenvalue weighted by Crippen LogP contribution is -2.50. The van der Waals surface area contributed by atoms with Crippen molar-refractivity contribution in [2.24, 2.45) is 5.14 Å². The molecule has 9 nitrogen and oxygen atoms in total. The summed E-state index contributed by atoms with van der Waals surface area (Å²) in [5.74, 6) is -0.219. The fourth-order valence-corrected chi connectivity index (χ4v) is 3.56. The van der Waals surface area contributed by atoms with Gasteiger partial charge in [0.05, 0.1) is 10.5 Å². The van der Waals surface area contributed by atoms with E-state index in [1.807, 2.05) is 18.2 Å². The molecule has 154 valence electrons. The lowest BCUT2D eigenvalue weighted by Gasteiger charge is -2.35. The number of nitrogens with zero attached hydrogens (tertiary/aromatic N) is 3. The van der Waals surface area contributed by atoms with Crippen LogP contribution in [0, 0.1) is 6.92 Å². The van der Waals surface area contributed by atoms with Gasteiger partial charge in [-0.1, -0.05) is 12.1 Å². The first kappa shape index (κ1) is 20.7. The molecule has 0 spiro atoms. The van der Waals surface area contributed by atoms with Gasteiger partial charge in [-0.25, -0.2) is 23.3 Å². The number of anilines is 1. The Hall–Kier alpha value is -2.98. The fraction of sp³-hybridized carbons (Fsp3) is 0.316. The Morgan fingerprint density at radius 2 is 1.86 bits per heavy atom. The third-order valence-corrected chi connectivity index (χ3v) is 5.60. The first-order valence-corrected chi connectivity index (χ1v) is 10.5. The maximum absolute atomic E-state index is 12.4. The molecule has 1 aliphatic heterocycles. The van der Waals surface area contributed by atoms with E-state index in [1.165, 1.54) is 12.1 Å². The summed E-state index contributed by atoms with van der Waals surface area (Å²) in [4.78, 5) is 32.5. The second-order valence-corrected chi connectivity index (χ2v) is 8.22. The quantitative estimate of drug-likeness (QED) is 0.703. The number of nitrogens with two attached hydrogens (primary N) is 1. The van der Waals surface area contributed by atoms with E-state index >= 15 is 0 Å². The van der Waals surface area contributed by atoms with Gasteiger partial charge in [0.1, 0.15) is 5.82 Å². The summed E-state index contributed by atoms with van der Waals surface area (Å²) in [5.41, 5.74) is 0.586. The summed E-state index contributed by atoms with van der Waals surface area (Å²) >= 11 is 0. The fourth-order valence-electron chi connectivity index (χ4n) is 3.02. The number of esters is 1. The first-order valence-electron chi connectivity index (χ1n) is 9.00. The maximum atomic E-state index is 12.4. The third kappa shape index (κ3) is 5.09. The highest BCUT2D eigenvalue weighted by atomic mass is 32.2. The second-order valence-electron chi connectivity index (χ2n) is 6.65. The van der Waals surface area contributed by atoms with Gasteiger partial charge in [-0.05, 0) is 36.8 Å². The average molecular weight is 418 g/mol. The predicted molar refractivity (Wildman–Crippen MR) is 106 cm³/mol. The zero-order chi connectivity index (χ0) is 21.0. The molecule has 1 aliphatic rings. The van der Waals surface area contributed by atoms with E-state index in [9.17, 15) is 18.0 Å². The van der Waals surface area contributed by atoms with Gasteiger partial charge in [0.2, 0.25) is 10.0 Å². The number of pyridine rings is 1. The Labute approximate surface area is 169 Å². The molecule has 1 aromatic carbocycles. The van der Waals surface area contributed by atoms with Gasteiger partial charge in [0, 0.05) is 32.4 Å². The number of hydrogen-bond acceptors (Lipinski definition) is 7. The number of aromatic nitrogens is 1. The van der Waals surface area contributed by atoms with Crippen LogP contribution in [0.15, 0.2) is 47.5 Å². The zero-order valence-corrected chi connectivity index (χ0v) is 16.8. The van der Waals surface area contributed by atoms with Gasteiger partial charge < -0.3 is 14.5 Å². The van der Waals surface area contributed by atoms with E-state index < -0.39 is 22.6 Å². The zero-order valence-electron chi connectivity index (χ0n) is 15.9. The molecule has 3 rings (SSSR count). The monoisotopic (exact) mass is 418 g/mol. The van der Waals surface area contributed by atoms with E-state index in [0.717, 1.165) is 11.9 Å². The van der Waals surface area contributed by atoms with Gasteiger partial charge in [0.25, 0.3) is 5.91 Å². The first-order chi connectivity index (χ1) is 13.8. The molecule has 0 unspecified atom stereocenters. The molecular formula is C19H22N4O5S. The largest absolute Gasteiger partial charge is 0.452 e. The molecule has 1 amide bonds. The van der Waals surface area contributed by atoms with Crippen molar-refractivity contribution >= 4 is 27.7 Å². The summed E-state index contributed by atoms with van der Waals surface area (Å²) in [6.45, 7) is 3.47. The smallest absolute Gasteiger partial charge is 0.338 e. The SMILES string of the molecule is Cc1ccc(S(N)(=O)=O)cc1C(=O)OCC(=O)N1CCN(c2ccccn2)CC1. The van der Waals surface area contributed by atoms with Crippen molar-refractivity contribution in [2.45, 2.75) is 11.8 Å². The number of carbonyl (C=O) groups is 2. The van der Waals surface area contributed by atoms with Crippen LogP contribution < -0.4 is 10.0 Å². The number of hydrogen-bond donors (Lipinski definition) is 1. The normalized spacial score (nSPS) is 14.6. The summed E-state index contributed by atoms with van der Waals surface area (Å²) in [5, 5.41) is 5.10. The van der Waals surface area contributed by atoms with Crippen molar-refractivity contribution in [1.82, 2.24) is 9.88 Å². The Kier molecular flexibility index (Phi) is 6.14. The molecular weight excluding hydrogens is 396 g/mol. The molecule has 2 heterocycles. The summed E-state index contributed by atoms with van der Waals surface area (Å²) in [6, 6.07) is 9.60. The van der Waals surface area contributed by atoms with E-state index in [4.69, 9.17) is 9.88 Å². The highest BCUT2D eigenvalue weighted by Gasteiger charge is 2.23. The molecule has 0 saturated carbocycles. The topological polar surface area (TPSA) is 123 Å². The minimum Gasteiger partial charge on any atom is -0.452 e. The minimum absolute atomic E-state index is 0.0595. The van der Waals surface area contributed by atoms with Gasteiger partial charge >= 0.3 is 5.97 Å². The third-order valence-electron chi connectivity index (χ3n) is 4.69. The van der Waals surface area contributed by atoms with Crippen molar-refractivity contribution in [1.29, 1.82) is 0 Å². The predicted octanol–water partition coefficient (Wildman–Crippen LogP) is 0.543. The van der Waals surface area contributed by atoms with Crippen LogP contribution in [0.5, 0.6) is 0 Å². The van der Waals surface area contributed by atoms with Gasteiger partial charge in [0.15, 0.2) is 6.61 Å². The molecule has 0 bridgehead atoms. The van der Waals surface area contributed by atoms with Crippen LogP contribution in [0.1, 0.15) is 15.9 Å². The molecule has 1 saturated heterocycles. The number of piperazine rings is 1. The Bertz CT molecular complexity index is 1000. The number of aryl methyl sites for hydroxylation is 1. The molecule has 2 N–H and O–H groups in total. The van der Waals surface area contributed by atoms with Crippen molar-refractivity contribution < 1.29 is 22.7 Å². The van der Waals surface area contributed by atoms with E-state index in [2.05, 4.69) is 9.88 Å². The Morgan fingerprint density at radius 3 is 2.48 bits per heavy atom. The number of carbonyl (C=O) groups excluding carboxylic acids is 2.